The lowest BCUT2D eigenvalue weighted by Gasteiger charge is -2.16. The monoisotopic (exact) mass is 175 g/mol. The molecule has 0 unspecified atom stereocenters. The molecule has 68 valence electrons. The highest BCUT2D eigenvalue weighted by molar-refractivity contribution is 5.86. The maximum Gasteiger partial charge on any atom is 0.119 e. The summed E-state index contributed by atoms with van der Waals surface area (Å²) in [6.07, 6.45) is 1.93. The minimum atomic E-state index is -0.0934. The number of methoxy groups -OCH3 is 1. The summed E-state index contributed by atoms with van der Waals surface area (Å²) >= 11 is 0. The minimum absolute atomic E-state index is 0.0934. The van der Waals surface area contributed by atoms with Crippen molar-refractivity contribution < 1.29 is 4.74 Å². The van der Waals surface area contributed by atoms with E-state index in [2.05, 4.69) is 24.9 Å². The normalized spacial score (nSPS) is 17.2. The summed E-state index contributed by atoms with van der Waals surface area (Å²) in [7, 11) is 1.69. The number of rotatable bonds is 1. The van der Waals surface area contributed by atoms with Gasteiger partial charge in [0.15, 0.2) is 0 Å². The van der Waals surface area contributed by atoms with Crippen LogP contribution in [0, 0.1) is 0 Å². The average molecular weight is 175 g/mol. The van der Waals surface area contributed by atoms with Crippen molar-refractivity contribution in [3.05, 3.63) is 29.3 Å². The Morgan fingerprint density at radius 2 is 2.08 bits per heavy atom. The van der Waals surface area contributed by atoms with Crippen LogP contribution in [0.2, 0.25) is 0 Å². The molecule has 1 aliphatic heterocycles. The van der Waals surface area contributed by atoms with E-state index >= 15 is 0 Å². The van der Waals surface area contributed by atoms with Gasteiger partial charge in [-0.3, -0.25) is 4.99 Å². The minimum Gasteiger partial charge on any atom is -0.497 e. The van der Waals surface area contributed by atoms with Crippen molar-refractivity contribution in [3.63, 3.8) is 0 Å². The predicted octanol–water partition coefficient (Wildman–Crippen LogP) is 2.36. The molecule has 0 N–H and O–H groups in total. The van der Waals surface area contributed by atoms with Crippen molar-refractivity contribution in [3.8, 4) is 5.75 Å². The van der Waals surface area contributed by atoms with Gasteiger partial charge in [-0.05, 0) is 43.2 Å². The van der Waals surface area contributed by atoms with Crippen molar-refractivity contribution in [1.29, 1.82) is 0 Å². The van der Waals surface area contributed by atoms with Crippen molar-refractivity contribution >= 4 is 6.21 Å². The van der Waals surface area contributed by atoms with Crippen LogP contribution in [0.25, 0.3) is 0 Å². The third kappa shape index (κ3) is 1.22. The van der Waals surface area contributed by atoms with Gasteiger partial charge in [0.2, 0.25) is 0 Å². The lowest BCUT2D eigenvalue weighted by molar-refractivity contribution is 0.412. The lowest BCUT2D eigenvalue weighted by atomic mass is 9.94. The Hall–Kier alpha value is -1.31. The smallest absolute Gasteiger partial charge is 0.119 e. The fraction of sp³-hybridized carbons (Fsp3) is 0.364. The Balaban J connectivity index is 2.54. The van der Waals surface area contributed by atoms with Gasteiger partial charge in [0.05, 0.1) is 12.6 Å². The molecule has 0 atom stereocenters. The van der Waals surface area contributed by atoms with Gasteiger partial charge in [-0.1, -0.05) is 0 Å². The number of hydrogen-bond donors (Lipinski definition) is 0. The molecule has 2 nitrogen and oxygen atoms in total. The van der Waals surface area contributed by atoms with Gasteiger partial charge in [-0.2, -0.15) is 0 Å². The molecule has 0 bridgehead atoms. The van der Waals surface area contributed by atoms with Crippen LogP contribution in [0.15, 0.2) is 23.2 Å². The fourth-order valence-electron chi connectivity index (χ4n) is 1.61. The fourth-order valence-corrected chi connectivity index (χ4v) is 1.61. The molecule has 0 saturated heterocycles. The Bertz CT molecular complexity index is 366. The molecule has 0 amide bonds. The number of benzene rings is 1. The van der Waals surface area contributed by atoms with Gasteiger partial charge in [0.25, 0.3) is 0 Å². The summed E-state index contributed by atoms with van der Waals surface area (Å²) in [6, 6.07) is 6.07. The lowest BCUT2D eigenvalue weighted by Crippen LogP contribution is -2.10. The highest BCUT2D eigenvalue weighted by atomic mass is 16.5. The van der Waals surface area contributed by atoms with Gasteiger partial charge in [-0.15, -0.1) is 0 Å². The molecule has 1 heterocycles. The van der Waals surface area contributed by atoms with E-state index in [-0.39, 0.29) is 5.54 Å². The first-order valence-corrected chi connectivity index (χ1v) is 4.37. The standard InChI is InChI=1S/C11H13NO/c1-11(2)10-6-9(13-3)5-4-8(10)7-12-11/h4-7H,1-3H3. The Morgan fingerprint density at radius 3 is 2.77 bits per heavy atom. The molecule has 1 aliphatic rings. The summed E-state index contributed by atoms with van der Waals surface area (Å²) in [5.41, 5.74) is 2.35. The topological polar surface area (TPSA) is 21.6 Å². The van der Waals surface area contributed by atoms with Crippen molar-refractivity contribution in [2.75, 3.05) is 7.11 Å². The first-order chi connectivity index (χ1) is 6.13. The van der Waals surface area contributed by atoms with E-state index in [1.807, 2.05) is 18.3 Å². The predicted molar refractivity (Wildman–Crippen MR) is 53.6 cm³/mol. The molecule has 0 aliphatic carbocycles. The second-order valence-corrected chi connectivity index (χ2v) is 3.77. The zero-order valence-corrected chi connectivity index (χ0v) is 8.16. The quantitative estimate of drug-likeness (QED) is 0.642. The molecule has 2 heteroatoms. The van der Waals surface area contributed by atoms with Gasteiger partial charge in [0, 0.05) is 6.21 Å². The molecule has 1 aromatic carbocycles. The number of aliphatic imine (C=N–C) groups is 1. The van der Waals surface area contributed by atoms with Gasteiger partial charge in [-0.25, -0.2) is 0 Å². The molecule has 0 saturated carbocycles. The summed E-state index contributed by atoms with van der Waals surface area (Å²) in [5.74, 6) is 0.900. The van der Waals surface area contributed by atoms with E-state index in [9.17, 15) is 0 Å². The molecule has 0 radical (unpaired) electrons. The van der Waals surface area contributed by atoms with Crippen LogP contribution in [0.3, 0.4) is 0 Å². The molecule has 0 spiro atoms. The van der Waals surface area contributed by atoms with Crippen LogP contribution < -0.4 is 4.74 Å². The second kappa shape index (κ2) is 2.59. The van der Waals surface area contributed by atoms with Crippen LogP contribution in [0.4, 0.5) is 0 Å². The van der Waals surface area contributed by atoms with Crippen molar-refractivity contribution in [1.82, 2.24) is 0 Å². The zero-order chi connectivity index (χ0) is 9.47. The molecule has 0 aromatic heterocycles. The highest BCUT2D eigenvalue weighted by Crippen LogP contribution is 2.34. The molecule has 13 heavy (non-hydrogen) atoms. The van der Waals surface area contributed by atoms with Crippen LogP contribution in [-0.4, -0.2) is 13.3 Å². The summed E-state index contributed by atoms with van der Waals surface area (Å²) in [5, 5.41) is 0. The third-order valence-corrected chi connectivity index (χ3v) is 2.45. The molecule has 2 rings (SSSR count). The first kappa shape index (κ1) is 8.30. The summed E-state index contributed by atoms with van der Waals surface area (Å²) in [6.45, 7) is 4.21. The van der Waals surface area contributed by atoms with Gasteiger partial charge >= 0.3 is 0 Å². The Labute approximate surface area is 78.3 Å². The second-order valence-electron chi connectivity index (χ2n) is 3.77. The average Bonchev–Trinajstić information content (AvgIpc) is 2.42. The van der Waals surface area contributed by atoms with E-state index in [0.29, 0.717) is 0 Å². The molecular formula is C11H13NO. The SMILES string of the molecule is COc1ccc2c(c1)C(C)(C)N=C2. The van der Waals surface area contributed by atoms with Crippen LogP contribution >= 0.6 is 0 Å². The maximum absolute atomic E-state index is 5.18. The van der Waals surface area contributed by atoms with E-state index in [1.165, 1.54) is 11.1 Å². The van der Waals surface area contributed by atoms with Crippen LogP contribution in [-0.2, 0) is 5.54 Å². The number of fused-ring (bicyclic) bond motifs is 1. The molecular weight excluding hydrogens is 162 g/mol. The van der Waals surface area contributed by atoms with E-state index in [1.54, 1.807) is 7.11 Å². The Morgan fingerprint density at radius 1 is 1.31 bits per heavy atom. The first-order valence-electron chi connectivity index (χ1n) is 4.37. The number of hydrogen-bond acceptors (Lipinski definition) is 2. The van der Waals surface area contributed by atoms with E-state index < -0.39 is 0 Å². The summed E-state index contributed by atoms with van der Waals surface area (Å²) < 4.78 is 5.18. The number of ether oxygens (including phenoxy) is 1. The van der Waals surface area contributed by atoms with Gasteiger partial charge in [0.1, 0.15) is 5.75 Å². The van der Waals surface area contributed by atoms with E-state index in [0.717, 1.165) is 5.75 Å². The highest BCUT2D eigenvalue weighted by Gasteiger charge is 2.26. The third-order valence-electron chi connectivity index (χ3n) is 2.45. The van der Waals surface area contributed by atoms with Gasteiger partial charge < -0.3 is 4.74 Å². The van der Waals surface area contributed by atoms with Crippen LogP contribution in [0.1, 0.15) is 25.0 Å². The molecule has 1 aromatic rings. The van der Waals surface area contributed by atoms with Crippen molar-refractivity contribution in [2.45, 2.75) is 19.4 Å². The Kier molecular flexibility index (Phi) is 1.65. The van der Waals surface area contributed by atoms with Crippen molar-refractivity contribution in [2.24, 2.45) is 4.99 Å². The summed E-state index contributed by atoms with van der Waals surface area (Å²) in [4.78, 5) is 4.43. The molecule has 0 fully saturated rings. The zero-order valence-electron chi connectivity index (χ0n) is 8.16. The number of nitrogens with zero attached hydrogens (tertiary/aromatic N) is 1. The van der Waals surface area contributed by atoms with E-state index in [4.69, 9.17) is 4.74 Å². The maximum atomic E-state index is 5.18. The largest absolute Gasteiger partial charge is 0.497 e. The van der Waals surface area contributed by atoms with Crippen LogP contribution in [0.5, 0.6) is 5.75 Å².